The van der Waals surface area contributed by atoms with E-state index in [4.69, 9.17) is 26.2 Å². The second kappa shape index (κ2) is 12.3. The van der Waals surface area contributed by atoms with Crippen LogP contribution in [-0.2, 0) is 12.8 Å². The lowest BCUT2D eigenvalue weighted by atomic mass is 10.1. The van der Waals surface area contributed by atoms with Crippen LogP contribution < -0.4 is 16.2 Å². The van der Waals surface area contributed by atoms with Crippen LogP contribution in [0.25, 0.3) is 39.5 Å². The Morgan fingerprint density at radius 2 is 1.76 bits per heavy atom. The fourth-order valence-corrected chi connectivity index (χ4v) is 5.50. The van der Waals surface area contributed by atoms with Crippen molar-refractivity contribution in [2.24, 2.45) is 5.73 Å². The van der Waals surface area contributed by atoms with Crippen molar-refractivity contribution in [2.45, 2.75) is 19.3 Å². The van der Waals surface area contributed by atoms with Gasteiger partial charge in [-0.3, -0.25) is 14.2 Å². The Kier molecular flexibility index (Phi) is 7.94. The summed E-state index contributed by atoms with van der Waals surface area (Å²) < 4.78 is 6.93. The molecule has 0 unspecified atom stereocenters. The van der Waals surface area contributed by atoms with E-state index in [1.54, 1.807) is 6.20 Å². The number of aromatic hydroxyl groups is 1. The van der Waals surface area contributed by atoms with Gasteiger partial charge in [-0.25, -0.2) is 15.0 Å². The molecule has 224 valence electrons. The van der Waals surface area contributed by atoms with Crippen molar-refractivity contribution in [3.05, 3.63) is 113 Å². The van der Waals surface area contributed by atoms with Crippen molar-refractivity contribution in [2.75, 3.05) is 12.8 Å². The molecule has 0 aliphatic heterocycles. The number of carbonyl (C=O) groups is 2. The number of aldehydes is 1. The lowest BCUT2D eigenvalue weighted by Gasteiger charge is -2.12. The first-order valence-corrected chi connectivity index (χ1v) is 14.3. The van der Waals surface area contributed by atoms with E-state index in [0.717, 1.165) is 52.3 Å². The van der Waals surface area contributed by atoms with Gasteiger partial charge < -0.3 is 21.3 Å². The maximum Gasteiger partial charge on any atom is 0.252 e. The number of methoxy groups -OCH3 is 1. The molecule has 7 rings (SSSR count). The molecule has 5 N–H and O–H groups in total. The third-order valence-corrected chi connectivity index (χ3v) is 7.73. The molecule has 1 aliphatic rings. The van der Waals surface area contributed by atoms with Gasteiger partial charge in [0.1, 0.15) is 22.8 Å². The predicted molar refractivity (Wildman–Crippen MR) is 173 cm³/mol. The quantitative estimate of drug-likeness (QED) is 0.211. The third-order valence-electron chi connectivity index (χ3n) is 7.73. The Bertz CT molecular complexity index is 2060. The molecule has 6 aromatic rings. The van der Waals surface area contributed by atoms with E-state index in [9.17, 15) is 14.7 Å². The second-order valence-electron chi connectivity index (χ2n) is 10.5. The number of anilines is 1. The minimum atomic E-state index is -0.718. The molecule has 10 nitrogen and oxygen atoms in total. The van der Waals surface area contributed by atoms with Crippen molar-refractivity contribution in [3.63, 3.8) is 0 Å². The molecular weight excluding hydrogens is 568 g/mol. The first kappa shape index (κ1) is 29.1. The number of nitrogens with zero attached hydrogens (tertiary/aromatic N) is 4. The molecule has 3 aromatic carbocycles. The summed E-state index contributed by atoms with van der Waals surface area (Å²) >= 11 is 0. The first-order valence-electron chi connectivity index (χ1n) is 14.3. The molecule has 10 heteroatoms. The van der Waals surface area contributed by atoms with E-state index < -0.39 is 5.91 Å². The van der Waals surface area contributed by atoms with Crippen LogP contribution in [-0.4, -0.2) is 43.9 Å². The number of pyridine rings is 2. The van der Waals surface area contributed by atoms with Gasteiger partial charge in [0.25, 0.3) is 5.91 Å². The highest BCUT2D eigenvalue weighted by molar-refractivity contribution is 5.98. The van der Waals surface area contributed by atoms with Crippen LogP contribution in [0.5, 0.6) is 11.5 Å². The number of fused-ring (bicyclic) bond motifs is 2. The van der Waals surface area contributed by atoms with Crippen LogP contribution in [0.15, 0.2) is 91.1 Å². The Morgan fingerprint density at radius 1 is 0.956 bits per heavy atom. The number of hydrogen-bond acceptors (Lipinski definition) is 8. The zero-order valence-corrected chi connectivity index (χ0v) is 24.5. The third kappa shape index (κ3) is 5.68. The molecule has 3 aromatic heterocycles. The molecule has 45 heavy (non-hydrogen) atoms. The van der Waals surface area contributed by atoms with E-state index in [1.807, 2.05) is 42.5 Å². The van der Waals surface area contributed by atoms with E-state index >= 15 is 0 Å². The minimum Gasteiger partial charge on any atom is -0.507 e. The zero-order valence-electron chi connectivity index (χ0n) is 24.5. The van der Waals surface area contributed by atoms with Gasteiger partial charge in [-0.2, -0.15) is 0 Å². The Balaban J connectivity index is 0.000000216. The summed E-state index contributed by atoms with van der Waals surface area (Å²) in [6.45, 7) is 0. The van der Waals surface area contributed by atoms with Crippen LogP contribution in [0.1, 0.15) is 38.3 Å². The molecule has 0 bridgehead atoms. The molecule has 1 aliphatic carbocycles. The van der Waals surface area contributed by atoms with E-state index in [2.05, 4.69) is 39.9 Å². The summed E-state index contributed by atoms with van der Waals surface area (Å²) in [4.78, 5) is 35.6. The summed E-state index contributed by atoms with van der Waals surface area (Å²) in [5.41, 5.74) is 19.7. The van der Waals surface area contributed by atoms with Gasteiger partial charge in [0.05, 0.1) is 29.5 Å². The van der Waals surface area contributed by atoms with Crippen molar-refractivity contribution in [1.29, 1.82) is 0 Å². The Morgan fingerprint density at radius 3 is 2.49 bits per heavy atom. The average Bonchev–Trinajstić information content (AvgIpc) is 3.69. The van der Waals surface area contributed by atoms with Crippen LogP contribution in [0, 0.1) is 0 Å². The number of aryl methyl sites for hydroxylation is 2. The van der Waals surface area contributed by atoms with Gasteiger partial charge in [-0.05, 0) is 72.9 Å². The molecule has 0 saturated carbocycles. The van der Waals surface area contributed by atoms with Gasteiger partial charge >= 0.3 is 0 Å². The predicted octanol–water partition coefficient (Wildman–Crippen LogP) is 5.53. The van der Waals surface area contributed by atoms with E-state index in [1.165, 1.54) is 36.8 Å². The van der Waals surface area contributed by atoms with Crippen LogP contribution >= 0.6 is 0 Å². The van der Waals surface area contributed by atoms with Crippen molar-refractivity contribution < 1.29 is 19.4 Å². The SMILES string of the molecule is COc1cc(O)c(C=O)cc1C(N)=O.Nc1ncccc1-c1nc2ccc(-c3ccccc3)nc2n1-c1ccc2c(c1)CCC2. The Hall–Kier alpha value is -6.03. The smallest absolute Gasteiger partial charge is 0.252 e. The zero-order chi connectivity index (χ0) is 31.5. The lowest BCUT2D eigenvalue weighted by molar-refractivity contribution is 0.0997. The number of hydrogen-bond donors (Lipinski definition) is 3. The molecule has 0 saturated heterocycles. The van der Waals surface area contributed by atoms with Gasteiger partial charge in [-0.15, -0.1) is 0 Å². The van der Waals surface area contributed by atoms with Gasteiger partial charge in [0.2, 0.25) is 0 Å². The van der Waals surface area contributed by atoms with Gasteiger partial charge in [0, 0.05) is 23.5 Å². The number of amides is 1. The highest BCUT2D eigenvalue weighted by Gasteiger charge is 2.20. The molecule has 0 atom stereocenters. The fraction of sp³-hybridized carbons (Fsp3) is 0.114. The van der Waals surface area contributed by atoms with Gasteiger partial charge in [-0.1, -0.05) is 36.4 Å². The number of primary amides is 1. The second-order valence-corrected chi connectivity index (χ2v) is 10.5. The van der Waals surface area contributed by atoms with Gasteiger partial charge in [0.15, 0.2) is 17.8 Å². The largest absolute Gasteiger partial charge is 0.507 e. The van der Waals surface area contributed by atoms with Crippen LogP contribution in [0.2, 0.25) is 0 Å². The fourth-order valence-electron chi connectivity index (χ4n) is 5.50. The average molecular weight is 599 g/mol. The molecule has 0 spiro atoms. The Labute approximate surface area is 259 Å². The number of aromatic nitrogens is 4. The molecule has 3 heterocycles. The number of phenols is 1. The summed E-state index contributed by atoms with van der Waals surface area (Å²) in [5, 5.41) is 9.27. The highest BCUT2D eigenvalue weighted by atomic mass is 16.5. The number of phenolic OH excluding ortho intramolecular Hbond substituents is 1. The maximum atomic E-state index is 10.9. The monoisotopic (exact) mass is 598 g/mol. The van der Waals surface area contributed by atoms with Crippen LogP contribution in [0.4, 0.5) is 5.82 Å². The molecule has 0 fully saturated rings. The maximum absolute atomic E-state index is 10.9. The number of carbonyl (C=O) groups excluding carboxylic acids is 2. The first-order chi connectivity index (χ1) is 21.9. The number of ether oxygens (including phenoxy) is 1. The van der Waals surface area contributed by atoms with E-state index in [0.29, 0.717) is 12.1 Å². The summed E-state index contributed by atoms with van der Waals surface area (Å²) in [7, 11) is 1.34. The molecular formula is C35H30N6O4. The lowest BCUT2D eigenvalue weighted by Crippen LogP contribution is -2.12. The van der Waals surface area contributed by atoms with Crippen molar-refractivity contribution in [3.8, 4) is 39.8 Å². The number of nitrogens with two attached hydrogens (primary N) is 2. The summed E-state index contributed by atoms with van der Waals surface area (Å²) in [6, 6.07) is 27.2. The molecule has 1 amide bonds. The molecule has 0 radical (unpaired) electrons. The topological polar surface area (TPSA) is 159 Å². The standard InChI is InChI=1S/C26H21N5.C9H9NO4/c27-24-21(10-5-15-28-24)25-30-23-14-13-22(18-6-2-1-3-7-18)29-26(23)31(25)20-12-11-17-8-4-9-19(17)16-20;1-14-8-3-7(12)5(4-11)2-6(8)9(10)13/h1-3,5-7,10-16H,4,8-9H2,(H2,27,28);2-4,12H,1H3,(H2,10,13). The van der Waals surface area contributed by atoms with Crippen molar-refractivity contribution >= 4 is 29.2 Å². The number of imidazole rings is 1. The number of benzene rings is 3. The highest BCUT2D eigenvalue weighted by Crippen LogP contribution is 2.33. The van der Waals surface area contributed by atoms with E-state index in [-0.39, 0.29) is 22.6 Å². The van der Waals surface area contributed by atoms with Crippen LogP contribution in [0.3, 0.4) is 0 Å². The summed E-state index contributed by atoms with van der Waals surface area (Å²) in [6.07, 6.45) is 5.61. The summed E-state index contributed by atoms with van der Waals surface area (Å²) in [5.74, 6) is 0.396. The minimum absolute atomic E-state index is 0.000370. The normalized spacial score (nSPS) is 11.8. The number of nitrogen functional groups attached to an aromatic ring is 1. The van der Waals surface area contributed by atoms with Crippen molar-refractivity contribution in [1.82, 2.24) is 19.5 Å². The number of rotatable bonds is 6.